The lowest BCUT2D eigenvalue weighted by atomic mass is 10.2. The SMILES string of the molecule is COC(=O)Nc1ccc(NC(=O)c2ccc(OS(=O)(=O)c3cc(C)ccc3C)cc2)cc1. The van der Waals surface area contributed by atoms with Crippen LogP contribution in [0, 0.1) is 13.8 Å². The van der Waals surface area contributed by atoms with Crippen LogP contribution < -0.4 is 14.8 Å². The number of aryl methyl sites for hydroxylation is 2. The van der Waals surface area contributed by atoms with Crippen molar-refractivity contribution in [2.24, 2.45) is 0 Å². The van der Waals surface area contributed by atoms with Gasteiger partial charge in [-0.05, 0) is 79.6 Å². The number of amides is 2. The molecule has 0 aliphatic rings. The molecule has 0 aliphatic heterocycles. The monoisotopic (exact) mass is 454 g/mol. The van der Waals surface area contributed by atoms with Crippen LogP contribution in [-0.4, -0.2) is 27.5 Å². The Balaban J connectivity index is 1.67. The molecular formula is C23H22N2O6S. The molecule has 0 aliphatic carbocycles. The van der Waals surface area contributed by atoms with Crippen molar-refractivity contribution >= 4 is 33.5 Å². The zero-order valence-corrected chi connectivity index (χ0v) is 18.5. The average molecular weight is 455 g/mol. The third-order valence-corrected chi connectivity index (χ3v) is 5.90. The summed E-state index contributed by atoms with van der Waals surface area (Å²) in [4.78, 5) is 23.8. The first-order valence-corrected chi connectivity index (χ1v) is 11.0. The number of hydrogen-bond acceptors (Lipinski definition) is 6. The Morgan fingerprint density at radius 3 is 2.00 bits per heavy atom. The first-order valence-electron chi connectivity index (χ1n) is 9.56. The zero-order chi connectivity index (χ0) is 23.3. The summed E-state index contributed by atoms with van der Waals surface area (Å²) in [5.74, 6) is -0.289. The van der Waals surface area contributed by atoms with E-state index in [0.29, 0.717) is 22.5 Å². The second kappa shape index (κ2) is 9.52. The van der Waals surface area contributed by atoms with Crippen LogP contribution >= 0.6 is 0 Å². The highest BCUT2D eigenvalue weighted by atomic mass is 32.2. The van der Waals surface area contributed by atoms with E-state index < -0.39 is 16.2 Å². The van der Waals surface area contributed by atoms with Gasteiger partial charge in [0.15, 0.2) is 0 Å². The standard InChI is InChI=1S/C23H22N2O6S/c1-15-4-5-16(2)21(14-15)32(28,29)31-20-12-6-17(7-13-20)22(26)24-18-8-10-19(11-9-18)25-23(27)30-3/h4-14H,1-3H3,(H,24,26)(H,25,27). The zero-order valence-electron chi connectivity index (χ0n) is 17.7. The van der Waals surface area contributed by atoms with Gasteiger partial charge in [0, 0.05) is 16.9 Å². The summed E-state index contributed by atoms with van der Waals surface area (Å²) in [5, 5.41) is 5.23. The summed E-state index contributed by atoms with van der Waals surface area (Å²) < 4.78 is 35.0. The predicted molar refractivity (Wildman–Crippen MR) is 121 cm³/mol. The molecule has 8 nitrogen and oxygen atoms in total. The molecule has 0 spiro atoms. The fourth-order valence-corrected chi connectivity index (χ4v) is 4.07. The van der Waals surface area contributed by atoms with Crippen molar-refractivity contribution in [3.8, 4) is 5.75 Å². The van der Waals surface area contributed by atoms with Crippen LogP contribution in [0.2, 0.25) is 0 Å². The number of methoxy groups -OCH3 is 1. The number of nitrogens with one attached hydrogen (secondary N) is 2. The minimum Gasteiger partial charge on any atom is -0.453 e. The Morgan fingerprint density at radius 1 is 0.812 bits per heavy atom. The van der Waals surface area contributed by atoms with Gasteiger partial charge in [-0.3, -0.25) is 10.1 Å². The maximum atomic E-state index is 12.6. The predicted octanol–water partition coefficient (Wildman–Crippen LogP) is 4.50. The smallest absolute Gasteiger partial charge is 0.411 e. The lowest BCUT2D eigenvalue weighted by molar-refractivity contribution is 0.102. The second-order valence-corrected chi connectivity index (χ2v) is 8.49. The molecule has 0 aromatic heterocycles. The van der Waals surface area contributed by atoms with Crippen LogP contribution in [0.1, 0.15) is 21.5 Å². The molecule has 2 N–H and O–H groups in total. The largest absolute Gasteiger partial charge is 0.453 e. The van der Waals surface area contributed by atoms with Gasteiger partial charge >= 0.3 is 16.2 Å². The first-order chi connectivity index (χ1) is 15.2. The Hall–Kier alpha value is -3.85. The Kier molecular flexibility index (Phi) is 6.79. The molecule has 0 heterocycles. The molecule has 3 rings (SSSR count). The van der Waals surface area contributed by atoms with Crippen molar-refractivity contribution in [3.05, 3.63) is 83.4 Å². The second-order valence-electron chi connectivity index (χ2n) is 6.98. The van der Waals surface area contributed by atoms with Crippen LogP contribution in [0.5, 0.6) is 5.75 Å². The van der Waals surface area contributed by atoms with E-state index in [4.69, 9.17) is 4.18 Å². The van der Waals surface area contributed by atoms with Crippen molar-refractivity contribution in [2.45, 2.75) is 18.7 Å². The van der Waals surface area contributed by atoms with Gasteiger partial charge in [-0.15, -0.1) is 0 Å². The van der Waals surface area contributed by atoms with E-state index in [1.807, 2.05) is 6.07 Å². The maximum Gasteiger partial charge on any atom is 0.411 e. The maximum absolute atomic E-state index is 12.6. The molecule has 166 valence electrons. The number of anilines is 2. The van der Waals surface area contributed by atoms with Gasteiger partial charge in [-0.25, -0.2) is 4.79 Å². The van der Waals surface area contributed by atoms with Crippen molar-refractivity contribution in [1.29, 1.82) is 0 Å². The summed E-state index contributed by atoms with van der Waals surface area (Å²) in [6.07, 6.45) is -0.594. The van der Waals surface area contributed by atoms with Crippen molar-refractivity contribution in [2.75, 3.05) is 17.7 Å². The van der Waals surface area contributed by atoms with Crippen LogP contribution in [0.3, 0.4) is 0 Å². The van der Waals surface area contributed by atoms with Gasteiger partial charge < -0.3 is 14.2 Å². The molecule has 9 heteroatoms. The molecule has 3 aromatic carbocycles. The van der Waals surface area contributed by atoms with Crippen LogP contribution in [0.15, 0.2) is 71.6 Å². The third-order valence-electron chi connectivity index (χ3n) is 4.51. The molecule has 3 aromatic rings. The summed E-state index contributed by atoms with van der Waals surface area (Å²) in [6.45, 7) is 3.50. The van der Waals surface area contributed by atoms with Gasteiger partial charge in [-0.2, -0.15) is 8.42 Å². The van der Waals surface area contributed by atoms with E-state index >= 15 is 0 Å². The molecular weight excluding hydrogens is 432 g/mol. The molecule has 0 saturated carbocycles. The van der Waals surface area contributed by atoms with Gasteiger partial charge in [0.2, 0.25) is 0 Å². The number of benzene rings is 3. The topological polar surface area (TPSA) is 111 Å². The Labute approximate surface area is 186 Å². The Morgan fingerprint density at radius 2 is 1.41 bits per heavy atom. The van der Waals surface area contributed by atoms with Crippen LogP contribution in [0.4, 0.5) is 16.2 Å². The molecule has 0 unspecified atom stereocenters. The van der Waals surface area contributed by atoms with Crippen molar-refractivity contribution < 1.29 is 26.9 Å². The quantitative estimate of drug-likeness (QED) is 0.531. The normalized spacial score (nSPS) is 10.8. The highest BCUT2D eigenvalue weighted by Crippen LogP contribution is 2.23. The van der Waals surface area contributed by atoms with Crippen LogP contribution in [0.25, 0.3) is 0 Å². The van der Waals surface area contributed by atoms with E-state index in [1.54, 1.807) is 50.2 Å². The van der Waals surface area contributed by atoms with E-state index in [9.17, 15) is 18.0 Å². The summed E-state index contributed by atoms with van der Waals surface area (Å²) >= 11 is 0. The third kappa shape index (κ3) is 5.64. The number of hydrogen-bond donors (Lipinski definition) is 2. The molecule has 32 heavy (non-hydrogen) atoms. The van der Waals surface area contributed by atoms with Crippen LogP contribution in [-0.2, 0) is 14.9 Å². The Bertz CT molecular complexity index is 1240. The fourth-order valence-electron chi connectivity index (χ4n) is 2.82. The van der Waals surface area contributed by atoms with Gasteiger partial charge in [0.05, 0.1) is 7.11 Å². The molecule has 0 saturated heterocycles. The lowest BCUT2D eigenvalue weighted by Crippen LogP contribution is -2.13. The van der Waals surface area contributed by atoms with Gasteiger partial charge in [0.25, 0.3) is 5.91 Å². The average Bonchev–Trinajstić information content (AvgIpc) is 2.76. The van der Waals surface area contributed by atoms with E-state index in [-0.39, 0.29) is 16.6 Å². The van der Waals surface area contributed by atoms with E-state index in [0.717, 1.165) is 5.56 Å². The first kappa shape index (κ1) is 22.8. The molecule has 0 atom stereocenters. The highest BCUT2D eigenvalue weighted by Gasteiger charge is 2.19. The van der Waals surface area contributed by atoms with E-state index in [2.05, 4.69) is 15.4 Å². The summed E-state index contributed by atoms with van der Waals surface area (Å²) in [5.41, 5.74) is 2.74. The lowest BCUT2D eigenvalue weighted by Gasteiger charge is -2.11. The van der Waals surface area contributed by atoms with Gasteiger partial charge in [-0.1, -0.05) is 12.1 Å². The van der Waals surface area contributed by atoms with Crippen molar-refractivity contribution in [3.63, 3.8) is 0 Å². The molecule has 2 amide bonds. The number of carbonyl (C=O) groups excluding carboxylic acids is 2. The highest BCUT2D eigenvalue weighted by molar-refractivity contribution is 7.87. The minimum atomic E-state index is -4.00. The molecule has 0 bridgehead atoms. The number of carbonyl (C=O) groups is 2. The molecule has 0 radical (unpaired) electrons. The summed E-state index contributed by atoms with van der Waals surface area (Å²) in [6, 6.07) is 17.3. The number of rotatable bonds is 6. The summed E-state index contributed by atoms with van der Waals surface area (Å²) in [7, 11) is -2.74. The minimum absolute atomic E-state index is 0.0979. The van der Waals surface area contributed by atoms with E-state index in [1.165, 1.54) is 31.4 Å². The molecule has 0 fully saturated rings. The van der Waals surface area contributed by atoms with Crippen molar-refractivity contribution in [1.82, 2.24) is 0 Å². The number of ether oxygens (including phenoxy) is 1. The van der Waals surface area contributed by atoms with Gasteiger partial charge in [0.1, 0.15) is 10.6 Å². The fraction of sp³-hybridized carbons (Fsp3) is 0.130.